The van der Waals surface area contributed by atoms with Crippen molar-refractivity contribution < 1.29 is 13.2 Å². The van der Waals surface area contributed by atoms with Crippen molar-refractivity contribution >= 4 is 55.4 Å². The normalized spacial score (nSPS) is 11.2. The first-order chi connectivity index (χ1) is 14.2. The van der Waals surface area contributed by atoms with Gasteiger partial charge in [-0.05, 0) is 60.1 Å². The van der Waals surface area contributed by atoms with Gasteiger partial charge in [0.05, 0.1) is 4.90 Å². The number of nitrogens with one attached hydrogen (secondary N) is 3. The Balaban J connectivity index is 1.59. The second kappa shape index (κ2) is 9.33. The van der Waals surface area contributed by atoms with Crippen LogP contribution in [0.15, 0.2) is 65.0 Å². The van der Waals surface area contributed by atoms with Crippen LogP contribution in [0.2, 0.25) is 0 Å². The van der Waals surface area contributed by atoms with E-state index < -0.39 is 10.0 Å². The Labute approximate surface area is 184 Å². The van der Waals surface area contributed by atoms with Crippen LogP contribution in [0, 0.1) is 0 Å². The number of aromatic nitrogens is 1. The highest BCUT2D eigenvalue weighted by Gasteiger charge is 2.15. The van der Waals surface area contributed by atoms with Gasteiger partial charge in [0, 0.05) is 22.8 Å². The van der Waals surface area contributed by atoms with Gasteiger partial charge in [-0.3, -0.25) is 14.8 Å². The van der Waals surface area contributed by atoms with E-state index in [1.54, 1.807) is 29.6 Å². The fraction of sp³-hybridized carbons (Fsp3) is 0.150. The van der Waals surface area contributed by atoms with Gasteiger partial charge in [0.2, 0.25) is 0 Å². The van der Waals surface area contributed by atoms with Crippen molar-refractivity contribution in [1.29, 1.82) is 0 Å². The number of carbonyl (C=O) groups excluding carboxylic acids is 1. The second-order valence-corrected chi connectivity index (χ2v) is 9.64. The number of thiazole rings is 1. The van der Waals surface area contributed by atoms with E-state index in [1.807, 2.05) is 12.1 Å². The Morgan fingerprint density at radius 3 is 2.30 bits per heavy atom. The molecule has 0 unspecified atom stereocenters. The van der Waals surface area contributed by atoms with Crippen molar-refractivity contribution in [3.8, 4) is 0 Å². The zero-order valence-electron chi connectivity index (χ0n) is 16.2. The lowest BCUT2D eigenvalue weighted by Gasteiger charge is -2.11. The van der Waals surface area contributed by atoms with E-state index in [0.29, 0.717) is 22.3 Å². The number of benzene rings is 2. The second-order valence-electron chi connectivity index (χ2n) is 6.65. The van der Waals surface area contributed by atoms with E-state index >= 15 is 0 Å². The molecule has 3 rings (SSSR count). The first-order valence-corrected chi connectivity index (χ1v) is 11.8. The summed E-state index contributed by atoms with van der Waals surface area (Å²) >= 11 is 6.37. The molecule has 30 heavy (non-hydrogen) atoms. The maximum atomic E-state index is 12.4. The molecule has 3 N–H and O–H groups in total. The zero-order valence-corrected chi connectivity index (χ0v) is 18.7. The SMILES string of the molecule is CC(C)c1ccc(C(=O)NC(=S)Nc2ccc(S(=O)(=O)Nc3nccs3)cc2)cc1. The lowest BCUT2D eigenvalue weighted by atomic mass is 10.0. The van der Waals surface area contributed by atoms with E-state index in [1.165, 1.54) is 29.7 Å². The van der Waals surface area contributed by atoms with E-state index in [2.05, 4.69) is 34.2 Å². The van der Waals surface area contributed by atoms with Gasteiger partial charge in [-0.25, -0.2) is 13.4 Å². The minimum atomic E-state index is -3.73. The maximum absolute atomic E-state index is 12.4. The minimum absolute atomic E-state index is 0.0865. The summed E-state index contributed by atoms with van der Waals surface area (Å²) < 4.78 is 27.1. The van der Waals surface area contributed by atoms with Crippen LogP contribution < -0.4 is 15.4 Å². The molecule has 0 saturated carbocycles. The van der Waals surface area contributed by atoms with Crippen LogP contribution >= 0.6 is 23.6 Å². The van der Waals surface area contributed by atoms with Crippen molar-refractivity contribution in [2.24, 2.45) is 0 Å². The molecule has 1 amide bonds. The lowest BCUT2D eigenvalue weighted by Crippen LogP contribution is -2.34. The van der Waals surface area contributed by atoms with E-state index in [0.717, 1.165) is 5.56 Å². The van der Waals surface area contributed by atoms with Gasteiger partial charge in [0.1, 0.15) is 0 Å². The van der Waals surface area contributed by atoms with Crippen molar-refractivity contribution in [3.05, 3.63) is 71.2 Å². The summed E-state index contributed by atoms with van der Waals surface area (Å²) in [5.41, 5.74) is 2.19. The van der Waals surface area contributed by atoms with Gasteiger partial charge < -0.3 is 5.32 Å². The molecule has 0 spiro atoms. The van der Waals surface area contributed by atoms with E-state index in [9.17, 15) is 13.2 Å². The Kier molecular flexibility index (Phi) is 6.80. The van der Waals surface area contributed by atoms with Crippen LogP contribution in [0.3, 0.4) is 0 Å². The number of sulfonamides is 1. The highest BCUT2D eigenvalue weighted by molar-refractivity contribution is 7.93. The molecule has 3 aromatic rings. The summed E-state index contributed by atoms with van der Waals surface area (Å²) in [7, 11) is -3.73. The van der Waals surface area contributed by atoms with Crippen LogP contribution in [-0.2, 0) is 10.0 Å². The van der Waals surface area contributed by atoms with Crippen LogP contribution in [0.4, 0.5) is 10.8 Å². The smallest absolute Gasteiger partial charge is 0.263 e. The number of hydrogen-bond donors (Lipinski definition) is 3. The fourth-order valence-corrected chi connectivity index (χ4v) is 4.52. The molecule has 0 bridgehead atoms. The minimum Gasteiger partial charge on any atom is -0.332 e. The Morgan fingerprint density at radius 2 is 1.73 bits per heavy atom. The van der Waals surface area contributed by atoms with Gasteiger partial charge >= 0.3 is 0 Å². The number of rotatable bonds is 6. The van der Waals surface area contributed by atoms with Crippen molar-refractivity contribution in [3.63, 3.8) is 0 Å². The third-order valence-corrected chi connectivity index (χ3v) is 6.52. The monoisotopic (exact) mass is 460 g/mol. The van der Waals surface area contributed by atoms with Crippen molar-refractivity contribution in [2.75, 3.05) is 10.0 Å². The Bertz CT molecular complexity index is 1130. The summed E-state index contributed by atoms with van der Waals surface area (Å²) in [4.78, 5) is 16.3. The quantitative estimate of drug-likeness (QED) is 0.477. The van der Waals surface area contributed by atoms with Gasteiger partial charge in [-0.1, -0.05) is 26.0 Å². The molecule has 0 aliphatic heterocycles. The lowest BCUT2D eigenvalue weighted by molar-refractivity contribution is 0.0977. The highest BCUT2D eigenvalue weighted by atomic mass is 32.2. The van der Waals surface area contributed by atoms with Crippen LogP contribution in [-0.4, -0.2) is 24.4 Å². The standard InChI is InChI=1S/C20H20N4O3S3/c1-13(2)14-3-5-15(6-4-14)18(25)23-19(28)22-16-7-9-17(10-8-16)30(26,27)24-20-21-11-12-29-20/h3-13H,1-2H3,(H,21,24)(H2,22,23,25,28). The number of amides is 1. The predicted molar refractivity (Wildman–Crippen MR) is 124 cm³/mol. The van der Waals surface area contributed by atoms with Gasteiger partial charge in [-0.15, -0.1) is 11.3 Å². The number of thiocarbonyl (C=S) groups is 1. The first-order valence-electron chi connectivity index (χ1n) is 8.99. The molecule has 2 aromatic carbocycles. The molecular formula is C20H20N4O3S3. The Morgan fingerprint density at radius 1 is 1.07 bits per heavy atom. The predicted octanol–water partition coefficient (Wildman–Crippen LogP) is 4.19. The molecule has 1 heterocycles. The van der Waals surface area contributed by atoms with Crippen LogP contribution in [0.1, 0.15) is 35.7 Å². The number of carbonyl (C=O) groups is 1. The summed E-state index contributed by atoms with van der Waals surface area (Å²) in [6, 6.07) is 13.3. The molecule has 0 radical (unpaired) electrons. The molecule has 0 atom stereocenters. The summed E-state index contributed by atoms with van der Waals surface area (Å²) in [5.74, 6) is 0.0584. The van der Waals surface area contributed by atoms with E-state index in [4.69, 9.17) is 12.2 Å². The van der Waals surface area contributed by atoms with Crippen molar-refractivity contribution in [1.82, 2.24) is 10.3 Å². The molecule has 1 aromatic heterocycles. The van der Waals surface area contributed by atoms with Gasteiger partial charge in [0.25, 0.3) is 15.9 Å². The Hall–Kier alpha value is -2.82. The molecule has 0 saturated heterocycles. The van der Waals surface area contributed by atoms with Gasteiger partial charge in [0.15, 0.2) is 10.2 Å². The summed E-state index contributed by atoms with van der Waals surface area (Å²) in [6.07, 6.45) is 1.52. The third kappa shape index (κ3) is 5.62. The largest absolute Gasteiger partial charge is 0.332 e. The molecule has 7 nitrogen and oxygen atoms in total. The first kappa shape index (κ1) is 21.9. The van der Waals surface area contributed by atoms with Crippen LogP contribution in [0.5, 0.6) is 0 Å². The maximum Gasteiger partial charge on any atom is 0.263 e. The fourth-order valence-electron chi connectivity index (χ4n) is 2.52. The number of nitrogens with zero attached hydrogens (tertiary/aromatic N) is 1. The topological polar surface area (TPSA) is 100 Å². The molecule has 0 aliphatic carbocycles. The van der Waals surface area contributed by atoms with Crippen molar-refractivity contribution in [2.45, 2.75) is 24.7 Å². The summed E-state index contributed by atoms with van der Waals surface area (Å²) in [5, 5.41) is 7.57. The number of hydrogen-bond acceptors (Lipinski definition) is 6. The molecule has 10 heteroatoms. The average molecular weight is 461 g/mol. The molecule has 0 aliphatic rings. The zero-order chi connectivity index (χ0) is 21.7. The molecular weight excluding hydrogens is 440 g/mol. The molecule has 156 valence electrons. The van der Waals surface area contributed by atoms with E-state index in [-0.39, 0.29) is 15.9 Å². The van der Waals surface area contributed by atoms with Gasteiger partial charge in [-0.2, -0.15) is 0 Å². The van der Waals surface area contributed by atoms with Crippen LogP contribution in [0.25, 0.3) is 0 Å². The third-order valence-electron chi connectivity index (χ3n) is 4.14. The average Bonchev–Trinajstić information content (AvgIpc) is 3.20. The molecule has 0 fully saturated rings. The number of anilines is 2. The summed E-state index contributed by atoms with van der Waals surface area (Å²) in [6.45, 7) is 4.17. The highest BCUT2D eigenvalue weighted by Crippen LogP contribution is 2.19.